The van der Waals surface area contributed by atoms with Crippen molar-refractivity contribution in [2.24, 2.45) is 0 Å². The molecule has 10 heteroatoms. The summed E-state index contributed by atoms with van der Waals surface area (Å²) in [5.41, 5.74) is -0.0389. The van der Waals surface area contributed by atoms with E-state index in [1.165, 1.54) is 11.0 Å². The Bertz CT molecular complexity index is 867. The molecule has 1 fully saturated rings. The average Bonchev–Trinajstić information content (AvgIpc) is 3.18. The Morgan fingerprint density at radius 2 is 1.85 bits per heavy atom. The molecule has 0 aliphatic carbocycles. The van der Waals surface area contributed by atoms with Gasteiger partial charge < -0.3 is 30.1 Å². The van der Waals surface area contributed by atoms with Crippen LogP contribution in [0.15, 0.2) is 43.0 Å². The third kappa shape index (κ3) is 7.81. The largest absolute Gasteiger partial charge is 0.480 e. The quantitative estimate of drug-likeness (QED) is 0.506. The van der Waals surface area contributed by atoms with Gasteiger partial charge in [-0.05, 0) is 39.2 Å². The van der Waals surface area contributed by atoms with Crippen LogP contribution < -0.4 is 10.6 Å². The topological polar surface area (TPSA) is 134 Å². The smallest absolute Gasteiger partial charge is 0.408 e. The number of benzene rings is 1. The number of amides is 3. The molecule has 2 rings (SSSR count). The number of nitrogens with one attached hydrogen (secondary N) is 2. The maximum absolute atomic E-state index is 13.3. The average molecular weight is 462 g/mol. The summed E-state index contributed by atoms with van der Waals surface area (Å²) in [6.45, 7) is 8.37. The lowest BCUT2D eigenvalue weighted by Crippen LogP contribution is -2.57. The number of ether oxygens (including phenoxy) is 2. The predicted octanol–water partition coefficient (Wildman–Crippen LogP) is 2.44. The lowest BCUT2D eigenvalue weighted by molar-refractivity contribution is -0.149. The van der Waals surface area contributed by atoms with Crippen molar-refractivity contribution in [2.75, 3.05) is 6.54 Å². The number of likely N-dealkylation sites (tertiary alicyclic amines) is 1. The molecule has 3 amide bonds. The number of hydrogen-bond donors (Lipinski definition) is 3. The zero-order valence-electron chi connectivity index (χ0n) is 19.1. The molecule has 10 nitrogen and oxygen atoms in total. The second-order valence-corrected chi connectivity index (χ2v) is 8.62. The van der Waals surface area contributed by atoms with E-state index in [9.17, 15) is 24.3 Å². The highest BCUT2D eigenvalue weighted by Gasteiger charge is 2.42. The number of alkyl carbamates (subject to hydrolysis) is 2. The SMILES string of the molecule is C=C[C@H]1CC[C@@H](C(=O)O)N1C(=O)C(CNC(=O)OCc1ccccc1)NC(=O)OC(C)(C)C. The molecule has 33 heavy (non-hydrogen) atoms. The second-order valence-electron chi connectivity index (χ2n) is 8.62. The maximum Gasteiger partial charge on any atom is 0.408 e. The van der Waals surface area contributed by atoms with Crippen molar-refractivity contribution in [1.29, 1.82) is 0 Å². The van der Waals surface area contributed by atoms with Gasteiger partial charge in [-0.1, -0.05) is 36.4 Å². The van der Waals surface area contributed by atoms with Crippen molar-refractivity contribution < 1.29 is 33.8 Å². The van der Waals surface area contributed by atoms with Gasteiger partial charge in [0.25, 0.3) is 0 Å². The van der Waals surface area contributed by atoms with Gasteiger partial charge in [0.2, 0.25) is 5.91 Å². The summed E-state index contributed by atoms with van der Waals surface area (Å²) in [5, 5.41) is 14.4. The van der Waals surface area contributed by atoms with E-state index in [1.54, 1.807) is 45.0 Å². The van der Waals surface area contributed by atoms with E-state index in [2.05, 4.69) is 17.2 Å². The highest BCUT2D eigenvalue weighted by Crippen LogP contribution is 2.26. The molecule has 3 atom stereocenters. The first-order valence-corrected chi connectivity index (χ1v) is 10.6. The van der Waals surface area contributed by atoms with Crippen molar-refractivity contribution in [3.63, 3.8) is 0 Å². The van der Waals surface area contributed by atoms with E-state index in [0.29, 0.717) is 6.42 Å². The van der Waals surface area contributed by atoms with E-state index >= 15 is 0 Å². The fourth-order valence-corrected chi connectivity index (χ4v) is 3.42. The maximum atomic E-state index is 13.3. The monoisotopic (exact) mass is 461 g/mol. The zero-order chi connectivity index (χ0) is 24.6. The lowest BCUT2D eigenvalue weighted by atomic mass is 10.2. The third-order valence-corrected chi connectivity index (χ3v) is 4.89. The minimum Gasteiger partial charge on any atom is -0.480 e. The van der Waals surface area contributed by atoms with Gasteiger partial charge in [-0.25, -0.2) is 14.4 Å². The molecule has 1 heterocycles. The van der Waals surface area contributed by atoms with Crippen LogP contribution >= 0.6 is 0 Å². The molecule has 3 N–H and O–H groups in total. The summed E-state index contributed by atoms with van der Waals surface area (Å²) in [5.74, 6) is -1.82. The second kappa shape index (κ2) is 11.3. The molecule has 1 aromatic rings. The van der Waals surface area contributed by atoms with Crippen LogP contribution in [0.4, 0.5) is 9.59 Å². The van der Waals surface area contributed by atoms with Gasteiger partial charge >= 0.3 is 18.2 Å². The summed E-state index contributed by atoms with van der Waals surface area (Å²) in [4.78, 5) is 50.6. The van der Waals surface area contributed by atoms with Crippen LogP contribution in [0.3, 0.4) is 0 Å². The fourth-order valence-electron chi connectivity index (χ4n) is 3.42. The summed E-state index contributed by atoms with van der Waals surface area (Å²) in [7, 11) is 0. The normalized spacial score (nSPS) is 18.7. The molecular weight excluding hydrogens is 430 g/mol. The molecule has 0 saturated carbocycles. The number of rotatable bonds is 8. The van der Waals surface area contributed by atoms with Crippen molar-refractivity contribution in [1.82, 2.24) is 15.5 Å². The number of aliphatic carboxylic acids is 1. The molecule has 0 radical (unpaired) electrons. The number of carboxylic acid groups (broad SMARTS) is 1. The number of hydrogen-bond acceptors (Lipinski definition) is 6. The van der Waals surface area contributed by atoms with Crippen molar-refractivity contribution >= 4 is 24.1 Å². The minimum absolute atomic E-state index is 0.0243. The first-order valence-electron chi connectivity index (χ1n) is 10.6. The third-order valence-electron chi connectivity index (χ3n) is 4.89. The van der Waals surface area contributed by atoms with Crippen LogP contribution in [0.2, 0.25) is 0 Å². The Morgan fingerprint density at radius 1 is 1.18 bits per heavy atom. The van der Waals surface area contributed by atoms with E-state index in [4.69, 9.17) is 9.47 Å². The van der Waals surface area contributed by atoms with E-state index in [0.717, 1.165) is 5.56 Å². The molecule has 1 aliphatic heterocycles. The standard InChI is InChI=1S/C23H31N3O7/c1-5-16-11-12-18(20(28)29)26(16)19(27)17(25-22(31)33-23(2,3)4)13-24-21(30)32-14-15-9-7-6-8-10-15/h5-10,16-18H,1,11-14H2,2-4H3,(H,24,30)(H,25,31)(H,28,29)/t16-,17?,18-/m0/s1. The van der Waals surface area contributed by atoms with Gasteiger partial charge in [0.05, 0.1) is 12.6 Å². The highest BCUT2D eigenvalue weighted by atomic mass is 16.6. The summed E-state index contributed by atoms with van der Waals surface area (Å²) in [6, 6.07) is 6.19. The van der Waals surface area contributed by atoms with E-state index < -0.39 is 47.8 Å². The van der Waals surface area contributed by atoms with Gasteiger partial charge in [-0.15, -0.1) is 6.58 Å². The van der Waals surface area contributed by atoms with Gasteiger partial charge in [-0.2, -0.15) is 0 Å². The van der Waals surface area contributed by atoms with Crippen LogP contribution in [0.25, 0.3) is 0 Å². The van der Waals surface area contributed by atoms with Crippen molar-refractivity contribution in [3.05, 3.63) is 48.6 Å². The number of carbonyl (C=O) groups excluding carboxylic acids is 3. The predicted molar refractivity (Wildman–Crippen MR) is 119 cm³/mol. The number of nitrogens with zero attached hydrogens (tertiary/aromatic N) is 1. The van der Waals surface area contributed by atoms with Crippen LogP contribution in [0.5, 0.6) is 0 Å². The molecule has 0 bridgehead atoms. The van der Waals surface area contributed by atoms with Gasteiger partial charge in [0.15, 0.2) is 0 Å². The highest BCUT2D eigenvalue weighted by molar-refractivity contribution is 5.90. The molecule has 1 unspecified atom stereocenters. The summed E-state index contributed by atoms with van der Waals surface area (Å²) < 4.78 is 10.4. The first kappa shape index (κ1) is 25.7. The van der Waals surface area contributed by atoms with Gasteiger partial charge in [0, 0.05) is 0 Å². The lowest BCUT2D eigenvalue weighted by Gasteiger charge is -2.31. The fraction of sp³-hybridized carbons (Fsp3) is 0.478. The van der Waals surface area contributed by atoms with Crippen LogP contribution in [-0.2, 0) is 25.7 Å². The Labute approximate surface area is 192 Å². The van der Waals surface area contributed by atoms with Gasteiger partial charge in [-0.3, -0.25) is 4.79 Å². The Kier molecular flexibility index (Phi) is 8.84. The Hall–Kier alpha value is -3.56. The van der Waals surface area contributed by atoms with Crippen molar-refractivity contribution in [2.45, 2.75) is 63.9 Å². The molecule has 1 saturated heterocycles. The molecule has 180 valence electrons. The van der Waals surface area contributed by atoms with Crippen LogP contribution in [0.1, 0.15) is 39.2 Å². The van der Waals surface area contributed by atoms with E-state index in [1.807, 2.05) is 6.07 Å². The molecule has 1 aliphatic rings. The number of carboxylic acids is 1. The van der Waals surface area contributed by atoms with Gasteiger partial charge in [0.1, 0.15) is 24.3 Å². The van der Waals surface area contributed by atoms with Crippen molar-refractivity contribution in [3.8, 4) is 0 Å². The summed E-state index contributed by atoms with van der Waals surface area (Å²) in [6.07, 6.45) is 0.509. The molecule has 1 aromatic carbocycles. The Balaban J connectivity index is 2.10. The Morgan fingerprint density at radius 3 is 2.42 bits per heavy atom. The zero-order valence-corrected chi connectivity index (χ0v) is 19.1. The summed E-state index contributed by atoms with van der Waals surface area (Å²) >= 11 is 0. The van der Waals surface area contributed by atoms with E-state index in [-0.39, 0.29) is 19.6 Å². The first-order chi connectivity index (χ1) is 15.5. The minimum atomic E-state index is -1.27. The van der Waals surface area contributed by atoms with Crippen LogP contribution in [0, 0.1) is 0 Å². The number of carbonyl (C=O) groups is 4. The molecule has 0 spiro atoms. The van der Waals surface area contributed by atoms with Crippen LogP contribution in [-0.4, -0.2) is 64.3 Å². The molecular formula is C23H31N3O7. The molecule has 0 aromatic heterocycles.